The van der Waals surface area contributed by atoms with Crippen molar-refractivity contribution in [1.82, 2.24) is 9.78 Å². The van der Waals surface area contributed by atoms with E-state index in [0.29, 0.717) is 28.5 Å². The van der Waals surface area contributed by atoms with E-state index < -0.39 is 11.7 Å². The monoisotopic (exact) mass is 490 g/mol. The first-order valence-electron chi connectivity index (χ1n) is 11.0. The molecule has 2 amide bonds. The second-order valence-corrected chi connectivity index (χ2v) is 10.6. The number of amides is 2. The van der Waals surface area contributed by atoms with Gasteiger partial charge >= 0.3 is 5.91 Å². The minimum Gasteiger partial charge on any atom is -0.300 e. The fourth-order valence-electron chi connectivity index (χ4n) is 3.85. The number of nitrogens with zero attached hydrogens (tertiary/aromatic N) is 6. The summed E-state index contributed by atoms with van der Waals surface area (Å²) in [6.07, 6.45) is 1.49. The van der Waals surface area contributed by atoms with Crippen LogP contribution in [0.15, 0.2) is 51.6 Å². The van der Waals surface area contributed by atoms with Crippen LogP contribution in [0.5, 0.6) is 0 Å². The van der Waals surface area contributed by atoms with E-state index in [2.05, 4.69) is 41.1 Å². The van der Waals surface area contributed by atoms with Gasteiger partial charge in [0, 0.05) is 29.2 Å². The van der Waals surface area contributed by atoms with Gasteiger partial charge in [-0.3, -0.25) is 14.3 Å². The van der Waals surface area contributed by atoms with Gasteiger partial charge in [0.05, 0.1) is 22.8 Å². The highest BCUT2D eigenvalue weighted by Gasteiger charge is 2.34. The van der Waals surface area contributed by atoms with Gasteiger partial charge in [0.1, 0.15) is 11.5 Å². The lowest BCUT2D eigenvalue weighted by atomic mass is 9.94. The summed E-state index contributed by atoms with van der Waals surface area (Å²) in [5.41, 5.74) is 2.81. The number of thiophene rings is 1. The van der Waals surface area contributed by atoms with Gasteiger partial charge in [-0.05, 0) is 48.2 Å². The molecule has 178 valence electrons. The fourth-order valence-corrected chi connectivity index (χ4v) is 5.03. The lowest BCUT2D eigenvalue weighted by molar-refractivity contribution is -0.112. The lowest BCUT2D eigenvalue weighted by Gasteiger charge is -2.20. The number of rotatable bonds is 3. The van der Waals surface area contributed by atoms with Crippen LogP contribution in [0.2, 0.25) is 0 Å². The first kappa shape index (κ1) is 23.0. The third kappa shape index (κ3) is 4.14. The highest BCUT2D eigenvalue weighted by molar-refractivity contribution is 7.14. The third-order valence-electron chi connectivity index (χ3n) is 5.93. The average molecular weight is 491 g/mol. The van der Waals surface area contributed by atoms with Gasteiger partial charge in [0.2, 0.25) is 0 Å². The normalized spacial score (nSPS) is 16.9. The molecule has 0 saturated carbocycles. The van der Waals surface area contributed by atoms with Crippen molar-refractivity contribution in [1.29, 1.82) is 0 Å². The number of carbonyl (C=O) groups is 2. The molecule has 35 heavy (non-hydrogen) atoms. The number of fused-ring (bicyclic) bond motifs is 1. The van der Waals surface area contributed by atoms with Gasteiger partial charge in [0.15, 0.2) is 5.82 Å². The Labute approximate surface area is 205 Å². The van der Waals surface area contributed by atoms with E-state index in [-0.39, 0.29) is 22.7 Å². The van der Waals surface area contributed by atoms with Crippen molar-refractivity contribution in [2.45, 2.75) is 39.7 Å². The summed E-state index contributed by atoms with van der Waals surface area (Å²) in [5, 5.41) is 11.9. The van der Waals surface area contributed by atoms with Crippen LogP contribution >= 0.6 is 11.3 Å². The fraction of sp³-hybridized carbons (Fsp3) is 0.280. The number of halogens is 1. The van der Waals surface area contributed by atoms with Crippen LogP contribution < -0.4 is 4.90 Å². The minimum atomic E-state index is -0.590. The predicted octanol–water partition coefficient (Wildman–Crippen LogP) is 5.49. The maximum absolute atomic E-state index is 14.9. The molecule has 0 atom stereocenters. The number of aliphatic imine (C=N–C) groups is 1. The molecule has 0 fully saturated rings. The minimum absolute atomic E-state index is 0.0611. The average Bonchev–Trinajstić information content (AvgIpc) is 3.44. The number of anilines is 1. The predicted molar refractivity (Wildman–Crippen MR) is 133 cm³/mol. The standard InChI is InChI=1S/C25H23FN6O2S/c1-13-8-21(30-31(13)5)27-18-11-17(28-29-23(18)33)14-6-7-16(26)19(9-14)32-12-15-10-20(25(2,3)4)35-22(15)24(32)34/h6-11H,12H2,1-5H3. The Morgan fingerprint density at radius 3 is 2.54 bits per heavy atom. The van der Waals surface area contributed by atoms with Gasteiger partial charge in [-0.2, -0.15) is 5.10 Å². The van der Waals surface area contributed by atoms with E-state index in [9.17, 15) is 14.0 Å². The highest BCUT2D eigenvalue weighted by Crippen LogP contribution is 2.40. The van der Waals surface area contributed by atoms with Crippen molar-refractivity contribution in [3.63, 3.8) is 0 Å². The Balaban J connectivity index is 1.47. The molecule has 10 heteroatoms. The lowest BCUT2D eigenvalue weighted by Crippen LogP contribution is -2.24. The zero-order valence-electron chi connectivity index (χ0n) is 20.0. The number of aromatic nitrogens is 2. The quantitative estimate of drug-likeness (QED) is 0.486. The third-order valence-corrected chi connectivity index (χ3v) is 7.52. The highest BCUT2D eigenvalue weighted by atomic mass is 32.1. The summed E-state index contributed by atoms with van der Waals surface area (Å²) in [7, 11) is 1.78. The van der Waals surface area contributed by atoms with Gasteiger partial charge in [-0.1, -0.05) is 20.8 Å². The van der Waals surface area contributed by atoms with E-state index in [1.165, 1.54) is 34.4 Å². The summed E-state index contributed by atoms with van der Waals surface area (Å²) in [6.45, 7) is 8.48. The zero-order valence-corrected chi connectivity index (χ0v) is 20.8. The van der Waals surface area contributed by atoms with Crippen LogP contribution in [0.1, 0.15) is 52.1 Å². The number of hydrogen-bond donors (Lipinski definition) is 0. The van der Waals surface area contributed by atoms with Crippen molar-refractivity contribution < 1.29 is 14.0 Å². The largest absolute Gasteiger partial charge is 0.314 e. The maximum atomic E-state index is 14.9. The van der Waals surface area contributed by atoms with E-state index >= 15 is 0 Å². The van der Waals surface area contributed by atoms with Crippen LogP contribution in [-0.2, 0) is 23.8 Å². The van der Waals surface area contributed by atoms with E-state index in [1.807, 2.05) is 13.0 Å². The Kier molecular flexibility index (Phi) is 5.36. The van der Waals surface area contributed by atoms with E-state index in [0.717, 1.165) is 16.1 Å². The molecule has 3 aromatic rings. The summed E-state index contributed by atoms with van der Waals surface area (Å²) < 4.78 is 16.5. The Morgan fingerprint density at radius 1 is 1.11 bits per heavy atom. The van der Waals surface area contributed by atoms with Crippen molar-refractivity contribution in [3.05, 3.63) is 68.8 Å². The summed E-state index contributed by atoms with van der Waals surface area (Å²) in [5.74, 6) is -0.952. The molecular formula is C25H23FN6O2S. The molecule has 0 N–H and O–H groups in total. The molecule has 0 aliphatic carbocycles. The number of carbonyl (C=O) groups excluding carboxylic acids is 2. The van der Waals surface area contributed by atoms with E-state index in [1.54, 1.807) is 23.9 Å². The van der Waals surface area contributed by atoms with Gasteiger partial charge < -0.3 is 4.90 Å². The second-order valence-electron chi connectivity index (χ2n) is 9.57. The first-order valence-corrected chi connectivity index (χ1v) is 11.8. The molecule has 2 aromatic heterocycles. The summed E-state index contributed by atoms with van der Waals surface area (Å²) >= 11 is 1.46. The Hall–Kier alpha value is -3.79. The Bertz CT molecular complexity index is 1470. The van der Waals surface area contributed by atoms with E-state index in [4.69, 9.17) is 0 Å². The van der Waals surface area contributed by atoms with Gasteiger partial charge in [-0.25, -0.2) is 9.38 Å². The van der Waals surface area contributed by atoms with Crippen LogP contribution in [0.4, 0.5) is 15.9 Å². The molecular weight excluding hydrogens is 467 g/mol. The van der Waals surface area contributed by atoms with Gasteiger partial charge in [0.25, 0.3) is 5.91 Å². The van der Waals surface area contributed by atoms with Crippen LogP contribution in [0.25, 0.3) is 5.70 Å². The molecule has 4 heterocycles. The topological polar surface area (TPSA) is 92.3 Å². The number of aryl methyl sites for hydroxylation is 2. The van der Waals surface area contributed by atoms with Crippen molar-refractivity contribution >= 4 is 46.1 Å². The summed E-state index contributed by atoms with van der Waals surface area (Å²) in [6, 6.07) is 8.16. The van der Waals surface area contributed by atoms with Crippen LogP contribution in [0.3, 0.4) is 0 Å². The summed E-state index contributed by atoms with van der Waals surface area (Å²) in [4.78, 5) is 32.9. The molecule has 5 rings (SSSR count). The molecule has 2 aliphatic heterocycles. The maximum Gasteiger partial charge on any atom is 0.314 e. The number of azo groups is 1. The van der Waals surface area contributed by atoms with Crippen LogP contribution in [0, 0.1) is 12.7 Å². The van der Waals surface area contributed by atoms with Crippen molar-refractivity contribution in [3.8, 4) is 0 Å². The SMILES string of the molecule is Cc1cc(N=C2C=C(c3ccc(F)c(N4Cc5cc(C(C)(C)C)sc5C4=O)c3)N=NC2=O)nn1C. The Morgan fingerprint density at radius 2 is 1.89 bits per heavy atom. The van der Waals surface area contributed by atoms with Crippen molar-refractivity contribution in [2.75, 3.05) is 4.90 Å². The van der Waals surface area contributed by atoms with Crippen molar-refractivity contribution in [2.24, 2.45) is 22.3 Å². The molecule has 0 bridgehead atoms. The molecule has 2 aliphatic rings. The molecule has 8 nitrogen and oxygen atoms in total. The van der Waals surface area contributed by atoms with Crippen LogP contribution in [-0.4, -0.2) is 27.3 Å². The molecule has 1 aromatic carbocycles. The smallest absolute Gasteiger partial charge is 0.300 e. The number of benzene rings is 1. The molecule has 0 saturated heterocycles. The molecule has 0 spiro atoms. The number of hydrogen-bond acceptors (Lipinski definition) is 6. The molecule has 0 radical (unpaired) electrons. The zero-order chi connectivity index (χ0) is 25.1. The second kappa shape index (κ2) is 8.16. The first-order chi connectivity index (χ1) is 16.5. The van der Waals surface area contributed by atoms with Gasteiger partial charge in [-0.15, -0.1) is 21.6 Å². The molecule has 0 unspecified atom stereocenters.